The van der Waals surface area contributed by atoms with Gasteiger partial charge < -0.3 is 10.1 Å². The number of hydrogen-bond acceptors (Lipinski definition) is 5. The first-order valence-electron chi connectivity index (χ1n) is 11.1. The number of nitrogens with one attached hydrogen (secondary N) is 1. The van der Waals surface area contributed by atoms with Gasteiger partial charge in [0.1, 0.15) is 11.5 Å². The number of benzene rings is 3. The van der Waals surface area contributed by atoms with E-state index in [0.29, 0.717) is 17.3 Å². The molecule has 1 aromatic heterocycles. The van der Waals surface area contributed by atoms with Gasteiger partial charge >= 0.3 is 12.1 Å². The lowest BCUT2D eigenvalue weighted by atomic mass is 10.0. The Morgan fingerprint density at radius 1 is 1.05 bits per heavy atom. The first kappa shape index (κ1) is 26.8. The fourth-order valence-electron chi connectivity index (χ4n) is 3.91. The van der Waals surface area contributed by atoms with Crippen molar-refractivity contribution in [3.63, 3.8) is 0 Å². The number of methoxy groups -OCH3 is 1. The lowest BCUT2D eigenvalue weighted by Gasteiger charge is -2.13. The van der Waals surface area contributed by atoms with Crippen molar-refractivity contribution in [2.24, 2.45) is 0 Å². The average molecular weight is 548 g/mol. The number of alkyl halides is 3. The summed E-state index contributed by atoms with van der Waals surface area (Å²) < 4.78 is 61.6. The van der Waals surface area contributed by atoms with E-state index in [1.165, 1.54) is 30.3 Å². The van der Waals surface area contributed by atoms with Crippen LogP contribution in [0.1, 0.15) is 43.6 Å². The molecule has 0 aliphatic heterocycles. The summed E-state index contributed by atoms with van der Waals surface area (Å²) in [6.45, 7) is 1.99. The molecule has 0 fully saturated rings. The number of fused-ring (bicyclic) bond motifs is 1. The van der Waals surface area contributed by atoms with E-state index in [1.54, 1.807) is 6.92 Å². The number of halogens is 5. The average Bonchev–Trinajstić information content (AvgIpc) is 3.25. The van der Waals surface area contributed by atoms with Crippen LogP contribution in [0, 0.1) is 5.82 Å². The predicted molar refractivity (Wildman–Crippen MR) is 131 cm³/mol. The Kier molecular flexibility index (Phi) is 7.23. The molecule has 0 saturated heterocycles. The highest BCUT2D eigenvalue weighted by molar-refractivity contribution is 6.34. The molecule has 0 aliphatic carbocycles. The summed E-state index contributed by atoms with van der Waals surface area (Å²) in [7, 11) is 1.13. The van der Waals surface area contributed by atoms with Crippen LogP contribution in [-0.2, 0) is 10.9 Å². The fraction of sp³-hybridized carbons (Fsp3) is 0.154. The van der Waals surface area contributed by atoms with Crippen molar-refractivity contribution >= 4 is 40.3 Å². The van der Waals surface area contributed by atoms with Crippen molar-refractivity contribution < 1.29 is 36.7 Å². The van der Waals surface area contributed by atoms with Crippen molar-refractivity contribution in [1.82, 2.24) is 15.1 Å². The van der Waals surface area contributed by atoms with Gasteiger partial charge in [0.05, 0.1) is 34.3 Å². The van der Waals surface area contributed by atoms with E-state index >= 15 is 4.39 Å². The molecule has 1 heterocycles. The van der Waals surface area contributed by atoms with Crippen LogP contribution in [0.25, 0.3) is 22.2 Å². The molecule has 12 heteroatoms. The second kappa shape index (κ2) is 10.3. The SMILES string of the molecule is CCNC(=O)c1ccc2c(-c3ccc(C(=O)OC)cc3F)nn(C(=O)c3c(Cl)cccc3C(F)(F)F)c2c1. The summed E-state index contributed by atoms with van der Waals surface area (Å²) in [5, 5.41) is 6.44. The van der Waals surface area contributed by atoms with Gasteiger partial charge in [-0.2, -0.15) is 23.0 Å². The van der Waals surface area contributed by atoms with Crippen LogP contribution in [-0.4, -0.2) is 41.2 Å². The van der Waals surface area contributed by atoms with E-state index in [-0.39, 0.29) is 33.3 Å². The maximum Gasteiger partial charge on any atom is 0.417 e. The smallest absolute Gasteiger partial charge is 0.417 e. The fourth-order valence-corrected chi connectivity index (χ4v) is 4.16. The molecular weight excluding hydrogens is 530 g/mol. The molecule has 7 nitrogen and oxygen atoms in total. The van der Waals surface area contributed by atoms with Gasteiger partial charge in [0.2, 0.25) is 0 Å². The summed E-state index contributed by atoms with van der Waals surface area (Å²) in [4.78, 5) is 37.7. The van der Waals surface area contributed by atoms with Crippen molar-refractivity contribution in [3.05, 3.63) is 87.7 Å². The Hall–Kier alpha value is -4.25. The van der Waals surface area contributed by atoms with Gasteiger partial charge in [-0.25, -0.2) is 9.18 Å². The zero-order chi connectivity index (χ0) is 27.8. The van der Waals surface area contributed by atoms with Gasteiger partial charge in [0.25, 0.3) is 11.8 Å². The zero-order valence-electron chi connectivity index (χ0n) is 19.8. The number of aromatic nitrogens is 2. The molecule has 0 radical (unpaired) electrons. The van der Waals surface area contributed by atoms with Gasteiger partial charge in [-0.1, -0.05) is 17.7 Å². The summed E-state index contributed by atoms with van der Waals surface area (Å²) in [5.41, 5.74) is -2.44. The second-order valence-corrected chi connectivity index (χ2v) is 8.41. The monoisotopic (exact) mass is 547 g/mol. The van der Waals surface area contributed by atoms with Crippen LogP contribution >= 0.6 is 11.6 Å². The minimum absolute atomic E-state index is 0.0572. The molecular formula is C26H18ClF4N3O4. The topological polar surface area (TPSA) is 90.3 Å². The maximum absolute atomic E-state index is 15.1. The molecule has 4 aromatic rings. The maximum atomic E-state index is 15.1. The van der Waals surface area contributed by atoms with Gasteiger partial charge in [0, 0.05) is 23.1 Å². The molecule has 0 atom stereocenters. The third-order valence-electron chi connectivity index (χ3n) is 5.65. The molecule has 0 bridgehead atoms. The number of carbonyl (C=O) groups excluding carboxylic acids is 3. The van der Waals surface area contributed by atoms with Crippen molar-refractivity contribution in [1.29, 1.82) is 0 Å². The van der Waals surface area contributed by atoms with Crippen LogP contribution in [0.4, 0.5) is 17.6 Å². The van der Waals surface area contributed by atoms with Crippen LogP contribution in [0.5, 0.6) is 0 Å². The first-order valence-corrected chi connectivity index (χ1v) is 11.4. The van der Waals surface area contributed by atoms with E-state index < -0.39 is 45.9 Å². The van der Waals surface area contributed by atoms with E-state index in [9.17, 15) is 27.6 Å². The zero-order valence-corrected chi connectivity index (χ0v) is 20.6. The van der Waals surface area contributed by atoms with Crippen molar-refractivity contribution in [2.45, 2.75) is 13.1 Å². The Bertz CT molecular complexity index is 1600. The van der Waals surface area contributed by atoms with Crippen LogP contribution in [0.2, 0.25) is 5.02 Å². The van der Waals surface area contributed by atoms with E-state index in [0.717, 1.165) is 25.3 Å². The normalized spacial score (nSPS) is 11.4. The number of esters is 1. The Morgan fingerprint density at radius 3 is 2.39 bits per heavy atom. The molecule has 196 valence electrons. The number of hydrogen-bond donors (Lipinski definition) is 1. The highest BCUT2D eigenvalue weighted by atomic mass is 35.5. The van der Waals surface area contributed by atoms with E-state index in [1.807, 2.05) is 0 Å². The number of amides is 1. The molecule has 0 saturated carbocycles. The van der Waals surface area contributed by atoms with Gasteiger partial charge in [-0.05, 0) is 55.5 Å². The Morgan fingerprint density at radius 2 is 1.76 bits per heavy atom. The highest BCUT2D eigenvalue weighted by Crippen LogP contribution is 2.37. The standard InChI is InChI=1S/C26H18ClF4N3O4/c1-3-32-23(35)13-7-10-16-20(12-13)34(24(36)21-17(26(29,30)31)5-4-6-18(21)27)33-22(16)15-9-8-14(11-19(15)28)25(37)38-2/h4-12H,3H2,1-2H3,(H,32,35). The summed E-state index contributed by atoms with van der Waals surface area (Å²) >= 11 is 6.03. The minimum atomic E-state index is -4.91. The molecule has 1 N–H and O–H groups in total. The number of ether oxygens (including phenoxy) is 1. The summed E-state index contributed by atoms with van der Waals surface area (Å²) in [5.74, 6) is -3.42. The molecule has 0 aliphatic rings. The Balaban J connectivity index is 1.99. The van der Waals surface area contributed by atoms with Gasteiger partial charge in [0.15, 0.2) is 0 Å². The highest BCUT2D eigenvalue weighted by Gasteiger charge is 2.37. The summed E-state index contributed by atoms with van der Waals surface area (Å²) in [6, 6.07) is 10.4. The molecule has 0 unspecified atom stereocenters. The number of rotatable bonds is 5. The Labute approximate surface area is 218 Å². The number of nitrogens with zero attached hydrogens (tertiary/aromatic N) is 2. The number of carbonyl (C=O) groups is 3. The van der Waals surface area contributed by atoms with E-state index in [2.05, 4.69) is 15.2 Å². The largest absolute Gasteiger partial charge is 0.465 e. The molecule has 3 aromatic carbocycles. The molecule has 4 rings (SSSR count). The van der Waals surface area contributed by atoms with Crippen LogP contribution in [0.15, 0.2) is 54.6 Å². The third-order valence-corrected chi connectivity index (χ3v) is 5.97. The summed E-state index contributed by atoms with van der Waals surface area (Å²) in [6.07, 6.45) is -4.91. The van der Waals surface area contributed by atoms with Crippen molar-refractivity contribution in [2.75, 3.05) is 13.7 Å². The van der Waals surface area contributed by atoms with E-state index in [4.69, 9.17) is 11.6 Å². The van der Waals surface area contributed by atoms with Crippen LogP contribution < -0.4 is 5.32 Å². The van der Waals surface area contributed by atoms with Crippen LogP contribution in [0.3, 0.4) is 0 Å². The molecule has 0 spiro atoms. The van der Waals surface area contributed by atoms with Crippen molar-refractivity contribution in [3.8, 4) is 11.3 Å². The van der Waals surface area contributed by atoms with Gasteiger partial charge in [-0.3, -0.25) is 9.59 Å². The van der Waals surface area contributed by atoms with Gasteiger partial charge in [-0.15, -0.1) is 0 Å². The second-order valence-electron chi connectivity index (χ2n) is 8.00. The first-order chi connectivity index (χ1) is 18.0. The molecule has 38 heavy (non-hydrogen) atoms. The molecule has 1 amide bonds. The lowest BCUT2D eigenvalue weighted by molar-refractivity contribution is -0.137. The predicted octanol–water partition coefficient (Wildman–Crippen LogP) is 5.74. The lowest BCUT2D eigenvalue weighted by Crippen LogP contribution is -2.23. The minimum Gasteiger partial charge on any atom is -0.465 e. The third kappa shape index (κ3) is 4.84. The quantitative estimate of drug-likeness (QED) is 0.254.